The highest BCUT2D eigenvalue weighted by Gasteiger charge is 2.50. The summed E-state index contributed by atoms with van der Waals surface area (Å²) in [7, 11) is 0. The van der Waals surface area contributed by atoms with Gasteiger partial charge in [-0.25, -0.2) is 0 Å². The molecular formula is C22H16O3. The third kappa shape index (κ3) is 2.55. The molecule has 4 rings (SSSR count). The Morgan fingerprint density at radius 2 is 1.16 bits per heavy atom. The summed E-state index contributed by atoms with van der Waals surface area (Å²) in [5.41, 5.74) is 2.28. The highest BCUT2D eigenvalue weighted by molar-refractivity contribution is 6.32. The number of ether oxygens (including phenoxy) is 1. The Hall–Kier alpha value is -3.17. The molecule has 3 aromatic rings. The topological polar surface area (TPSA) is 46.5 Å². The summed E-state index contributed by atoms with van der Waals surface area (Å²) in [6, 6.07) is 27.4. The maximum absolute atomic E-state index is 13.2. The van der Waals surface area contributed by atoms with Crippen molar-refractivity contribution in [1.82, 2.24) is 0 Å². The molecular weight excluding hydrogens is 312 g/mol. The van der Waals surface area contributed by atoms with Gasteiger partial charge in [-0.15, -0.1) is 0 Å². The molecule has 0 unspecified atom stereocenters. The third-order valence-corrected chi connectivity index (χ3v) is 4.28. The summed E-state index contributed by atoms with van der Waals surface area (Å²) < 4.78 is 5.89. The Morgan fingerprint density at radius 1 is 0.680 bits per heavy atom. The van der Waals surface area contributed by atoms with E-state index in [9.17, 15) is 9.90 Å². The molecule has 0 saturated heterocycles. The second kappa shape index (κ2) is 6.04. The van der Waals surface area contributed by atoms with Crippen molar-refractivity contribution in [1.29, 1.82) is 0 Å². The number of ketones is 1. The van der Waals surface area contributed by atoms with Crippen LogP contribution in [-0.4, -0.2) is 10.9 Å². The van der Waals surface area contributed by atoms with Crippen molar-refractivity contribution in [2.75, 3.05) is 0 Å². The van der Waals surface area contributed by atoms with Crippen LogP contribution >= 0.6 is 0 Å². The predicted octanol–water partition coefficient (Wildman–Crippen LogP) is 4.00. The molecule has 0 saturated carbocycles. The first-order valence-electron chi connectivity index (χ1n) is 8.07. The van der Waals surface area contributed by atoms with E-state index in [4.69, 9.17) is 4.74 Å². The van der Waals surface area contributed by atoms with E-state index in [1.165, 1.54) is 0 Å². The lowest BCUT2D eigenvalue weighted by atomic mass is 9.93. The SMILES string of the molecule is O=C1C(c2ccccc2)=C(c2ccccc2)O[C@]1(O)c1ccccc1. The van der Waals surface area contributed by atoms with Gasteiger partial charge in [0.15, 0.2) is 0 Å². The van der Waals surface area contributed by atoms with Crippen LogP contribution in [0.5, 0.6) is 0 Å². The molecule has 1 heterocycles. The molecule has 3 aromatic carbocycles. The maximum atomic E-state index is 13.2. The maximum Gasteiger partial charge on any atom is 0.300 e. The van der Waals surface area contributed by atoms with Gasteiger partial charge in [0.05, 0.1) is 5.57 Å². The first-order chi connectivity index (χ1) is 12.2. The van der Waals surface area contributed by atoms with Crippen LogP contribution in [0.15, 0.2) is 91.0 Å². The molecule has 1 atom stereocenters. The van der Waals surface area contributed by atoms with Gasteiger partial charge >= 0.3 is 0 Å². The van der Waals surface area contributed by atoms with E-state index in [0.717, 1.165) is 11.1 Å². The molecule has 25 heavy (non-hydrogen) atoms. The Kier molecular flexibility index (Phi) is 3.71. The van der Waals surface area contributed by atoms with E-state index < -0.39 is 11.6 Å². The van der Waals surface area contributed by atoms with Crippen LogP contribution in [0.1, 0.15) is 16.7 Å². The lowest BCUT2D eigenvalue weighted by Crippen LogP contribution is -2.34. The molecule has 1 aliphatic heterocycles. The van der Waals surface area contributed by atoms with Crippen molar-refractivity contribution < 1.29 is 14.6 Å². The third-order valence-electron chi connectivity index (χ3n) is 4.28. The lowest BCUT2D eigenvalue weighted by Gasteiger charge is -2.22. The Balaban J connectivity index is 1.90. The zero-order chi connectivity index (χ0) is 17.3. The van der Waals surface area contributed by atoms with Crippen molar-refractivity contribution in [3.8, 4) is 0 Å². The highest BCUT2D eigenvalue weighted by Crippen LogP contribution is 2.44. The molecule has 0 bridgehead atoms. The summed E-state index contributed by atoms with van der Waals surface area (Å²) in [6.07, 6.45) is 0. The van der Waals surface area contributed by atoms with Crippen LogP contribution in [-0.2, 0) is 15.3 Å². The summed E-state index contributed by atoms with van der Waals surface area (Å²) in [5, 5.41) is 11.1. The number of carbonyl (C=O) groups excluding carboxylic acids is 1. The van der Waals surface area contributed by atoms with Crippen LogP contribution < -0.4 is 0 Å². The van der Waals surface area contributed by atoms with Crippen molar-refractivity contribution in [3.05, 3.63) is 108 Å². The number of benzene rings is 3. The number of carbonyl (C=O) groups is 1. The molecule has 1 aliphatic rings. The van der Waals surface area contributed by atoms with E-state index in [-0.39, 0.29) is 0 Å². The molecule has 3 heteroatoms. The molecule has 0 amide bonds. The smallest absolute Gasteiger partial charge is 0.300 e. The summed E-state index contributed by atoms with van der Waals surface area (Å²) in [5.74, 6) is -2.08. The second-order valence-electron chi connectivity index (χ2n) is 5.88. The van der Waals surface area contributed by atoms with Crippen molar-refractivity contribution in [2.45, 2.75) is 5.79 Å². The van der Waals surface area contributed by atoms with Gasteiger partial charge in [0.2, 0.25) is 5.78 Å². The van der Waals surface area contributed by atoms with Gasteiger partial charge in [-0.3, -0.25) is 4.79 Å². The largest absolute Gasteiger partial charge is 0.449 e. The van der Waals surface area contributed by atoms with Crippen molar-refractivity contribution in [2.24, 2.45) is 0 Å². The van der Waals surface area contributed by atoms with Crippen molar-refractivity contribution >= 4 is 17.1 Å². The first kappa shape index (κ1) is 15.4. The van der Waals surface area contributed by atoms with Gasteiger partial charge in [-0.1, -0.05) is 91.0 Å². The van der Waals surface area contributed by atoms with Gasteiger partial charge in [0, 0.05) is 11.1 Å². The summed E-state index contributed by atoms with van der Waals surface area (Å²) >= 11 is 0. The number of hydrogen-bond acceptors (Lipinski definition) is 3. The molecule has 0 aromatic heterocycles. The van der Waals surface area contributed by atoms with E-state index >= 15 is 0 Å². The fraction of sp³-hybridized carbons (Fsp3) is 0.0455. The fourth-order valence-electron chi connectivity index (χ4n) is 3.03. The minimum Gasteiger partial charge on any atom is -0.449 e. The minimum absolute atomic E-state index is 0.387. The minimum atomic E-state index is -2.02. The quantitative estimate of drug-likeness (QED) is 0.790. The predicted molar refractivity (Wildman–Crippen MR) is 96.1 cm³/mol. The van der Waals surface area contributed by atoms with Crippen LogP contribution in [0.25, 0.3) is 11.3 Å². The molecule has 0 spiro atoms. The number of hydrogen-bond donors (Lipinski definition) is 1. The molecule has 0 radical (unpaired) electrons. The Bertz CT molecular complexity index is 931. The molecule has 0 aliphatic carbocycles. The normalized spacial score (nSPS) is 19.8. The number of aliphatic hydroxyl groups is 1. The zero-order valence-corrected chi connectivity index (χ0v) is 13.4. The van der Waals surface area contributed by atoms with Gasteiger partial charge in [0.1, 0.15) is 5.76 Å². The monoisotopic (exact) mass is 328 g/mol. The zero-order valence-electron chi connectivity index (χ0n) is 13.4. The lowest BCUT2D eigenvalue weighted by molar-refractivity contribution is -0.173. The average Bonchev–Trinajstić information content (AvgIpc) is 2.96. The Morgan fingerprint density at radius 3 is 1.72 bits per heavy atom. The van der Waals surface area contributed by atoms with Gasteiger partial charge in [0.25, 0.3) is 5.79 Å². The average molecular weight is 328 g/mol. The van der Waals surface area contributed by atoms with Gasteiger partial charge in [-0.05, 0) is 5.56 Å². The first-order valence-corrected chi connectivity index (χ1v) is 8.07. The number of Topliss-reactive ketones (excluding diaryl/α,β-unsaturated/α-hetero) is 1. The Labute approximate surface area is 145 Å². The van der Waals surface area contributed by atoms with E-state index in [2.05, 4.69) is 0 Å². The standard InChI is InChI=1S/C22H16O3/c23-21-19(16-10-4-1-5-11-16)20(17-12-6-2-7-13-17)25-22(21,24)18-14-8-3-9-15-18/h1-15,24H/t22-/m1/s1. The van der Waals surface area contributed by atoms with Crippen molar-refractivity contribution in [3.63, 3.8) is 0 Å². The summed E-state index contributed by atoms with van der Waals surface area (Å²) in [4.78, 5) is 13.2. The fourth-order valence-corrected chi connectivity index (χ4v) is 3.03. The molecule has 0 fully saturated rings. The number of rotatable bonds is 3. The van der Waals surface area contributed by atoms with E-state index in [1.807, 2.05) is 66.7 Å². The second-order valence-corrected chi connectivity index (χ2v) is 5.88. The van der Waals surface area contributed by atoms with E-state index in [1.54, 1.807) is 24.3 Å². The van der Waals surface area contributed by atoms with Crippen LogP contribution in [0.2, 0.25) is 0 Å². The molecule has 3 nitrogen and oxygen atoms in total. The van der Waals surface area contributed by atoms with Gasteiger partial charge < -0.3 is 9.84 Å². The van der Waals surface area contributed by atoms with Crippen LogP contribution in [0.3, 0.4) is 0 Å². The van der Waals surface area contributed by atoms with E-state index in [0.29, 0.717) is 16.9 Å². The summed E-state index contributed by atoms with van der Waals surface area (Å²) in [6.45, 7) is 0. The molecule has 122 valence electrons. The van der Waals surface area contributed by atoms with Crippen LogP contribution in [0.4, 0.5) is 0 Å². The molecule has 1 N–H and O–H groups in total. The highest BCUT2D eigenvalue weighted by atomic mass is 16.6. The van der Waals surface area contributed by atoms with Gasteiger partial charge in [-0.2, -0.15) is 0 Å². The van der Waals surface area contributed by atoms with Crippen LogP contribution in [0, 0.1) is 0 Å².